The molecule has 14 heavy (non-hydrogen) atoms. The molecule has 0 saturated carbocycles. The molecule has 5 heteroatoms. The molecule has 1 unspecified atom stereocenters. The van der Waals surface area contributed by atoms with Crippen molar-refractivity contribution in [2.24, 2.45) is 0 Å². The largest absolute Gasteiger partial charge is 0.354 e. The van der Waals surface area contributed by atoms with Crippen molar-refractivity contribution in [3.8, 4) is 0 Å². The Kier molecular flexibility index (Phi) is 4.38. The van der Waals surface area contributed by atoms with Gasteiger partial charge in [-0.05, 0) is 12.8 Å². The number of hydrogen-bond acceptors (Lipinski definition) is 2. The van der Waals surface area contributed by atoms with E-state index in [1.807, 2.05) is 6.92 Å². The van der Waals surface area contributed by atoms with E-state index >= 15 is 0 Å². The standard InChI is InChI=1S/C9H15BrN2O2/c1-2-7(10)9(14)12-5-3-4-11-8(13)6-12/h7H,2-6H2,1H3,(H,11,13). The molecule has 0 aliphatic carbocycles. The molecule has 1 rings (SSSR count). The van der Waals surface area contributed by atoms with Gasteiger partial charge in [-0.15, -0.1) is 0 Å². The third-order valence-electron chi connectivity index (χ3n) is 2.20. The molecule has 0 radical (unpaired) electrons. The van der Waals surface area contributed by atoms with Crippen molar-refractivity contribution in [1.29, 1.82) is 0 Å². The quantitative estimate of drug-likeness (QED) is 0.738. The minimum atomic E-state index is -0.159. The highest BCUT2D eigenvalue weighted by Gasteiger charge is 2.23. The van der Waals surface area contributed by atoms with Crippen LogP contribution in [0.5, 0.6) is 0 Å². The van der Waals surface area contributed by atoms with E-state index in [1.54, 1.807) is 4.90 Å². The Balaban J connectivity index is 2.56. The summed E-state index contributed by atoms with van der Waals surface area (Å²) in [5, 5.41) is 2.74. The number of nitrogens with one attached hydrogen (secondary N) is 1. The molecule has 1 aliphatic rings. The first kappa shape index (κ1) is 11.5. The number of rotatable bonds is 2. The molecular formula is C9H15BrN2O2. The van der Waals surface area contributed by atoms with Crippen LogP contribution in [0.1, 0.15) is 19.8 Å². The van der Waals surface area contributed by atoms with E-state index in [0.29, 0.717) is 13.1 Å². The van der Waals surface area contributed by atoms with E-state index in [1.165, 1.54) is 0 Å². The zero-order valence-electron chi connectivity index (χ0n) is 8.25. The van der Waals surface area contributed by atoms with Gasteiger partial charge in [0.2, 0.25) is 11.8 Å². The predicted octanol–water partition coefficient (Wildman–Crippen LogP) is 0.508. The van der Waals surface area contributed by atoms with Crippen molar-refractivity contribution < 1.29 is 9.59 Å². The molecule has 0 aromatic carbocycles. The van der Waals surface area contributed by atoms with Gasteiger partial charge in [-0.1, -0.05) is 22.9 Å². The lowest BCUT2D eigenvalue weighted by Crippen LogP contribution is -2.40. The zero-order valence-corrected chi connectivity index (χ0v) is 9.84. The van der Waals surface area contributed by atoms with Crippen molar-refractivity contribution >= 4 is 27.7 Å². The maximum absolute atomic E-state index is 11.7. The average Bonchev–Trinajstić information content (AvgIpc) is 2.40. The fraction of sp³-hybridized carbons (Fsp3) is 0.778. The fourth-order valence-electron chi connectivity index (χ4n) is 1.37. The summed E-state index contributed by atoms with van der Waals surface area (Å²) < 4.78 is 0. The molecule has 80 valence electrons. The highest BCUT2D eigenvalue weighted by atomic mass is 79.9. The molecule has 1 N–H and O–H groups in total. The fourth-order valence-corrected chi connectivity index (χ4v) is 1.66. The summed E-state index contributed by atoms with van der Waals surface area (Å²) in [6, 6.07) is 0. The van der Waals surface area contributed by atoms with Gasteiger partial charge in [0.15, 0.2) is 0 Å². The number of hydrogen-bond donors (Lipinski definition) is 1. The summed E-state index contributed by atoms with van der Waals surface area (Å²) in [5.74, 6) is -0.0452. The van der Waals surface area contributed by atoms with Crippen LogP contribution in [0, 0.1) is 0 Å². The van der Waals surface area contributed by atoms with Gasteiger partial charge in [-0.25, -0.2) is 0 Å². The molecule has 0 aromatic rings. The summed E-state index contributed by atoms with van der Waals surface area (Å²) in [4.78, 5) is 24.4. The van der Waals surface area contributed by atoms with Crippen molar-refractivity contribution in [3.05, 3.63) is 0 Å². The van der Waals surface area contributed by atoms with E-state index < -0.39 is 0 Å². The van der Waals surface area contributed by atoms with Crippen LogP contribution in [0.2, 0.25) is 0 Å². The number of carbonyl (C=O) groups excluding carboxylic acids is 2. The maximum atomic E-state index is 11.7. The van der Waals surface area contributed by atoms with E-state index in [0.717, 1.165) is 12.8 Å². The maximum Gasteiger partial charge on any atom is 0.239 e. The summed E-state index contributed by atoms with van der Waals surface area (Å²) in [6.07, 6.45) is 1.58. The topological polar surface area (TPSA) is 49.4 Å². The number of alkyl halides is 1. The van der Waals surface area contributed by atoms with Crippen molar-refractivity contribution in [1.82, 2.24) is 10.2 Å². The number of amides is 2. The molecule has 1 fully saturated rings. The molecule has 1 saturated heterocycles. The van der Waals surface area contributed by atoms with Gasteiger partial charge in [0.25, 0.3) is 0 Å². The van der Waals surface area contributed by atoms with E-state index in [2.05, 4.69) is 21.2 Å². The third-order valence-corrected chi connectivity index (χ3v) is 3.24. The lowest BCUT2D eigenvalue weighted by Gasteiger charge is -2.21. The third kappa shape index (κ3) is 2.97. The minimum absolute atomic E-state index is 0.0181. The molecule has 1 atom stereocenters. The van der Waals surface area contributed by atoms with Crippen LogP contribution in [0.3, 0.4) is 0 Å². The van der Waals surface area contributed by atoms with Gasteiger partial charge in [0.05, 0.1) is 11.4 Å². The van der Waals surface area contributed by atoms with Crippen LogP contribution in [0.15, 0.2) is 0 Å². The van der Waals surface area contributed by atoms with Crippen LogP contribution >= 0.6 is 15.9 Å². The van der Waals surface area contributed by atoms with Crippen molar-refractivity contribution in [2.75, 3.05) is 19.6 Å². The second-order valence-corrected chi connectivity index (χ2v) is 4.44. The monoisotopic (exact) mass is 262 g/mol. The summed E-state index contributed by atoms with van der Waals surface area (Å²) in [6.45, 7) is 3.47. The first-order valence-electron chi connectivity index (χ1n) is 4.84. The normalized spacial score (nSPS) is 19.9. The molecule has 1 aliphatic heterocycles. The van der Waals surface area contributed by atoms with Crippen LogP contribution in [-0.4, -0.2) is 41.2 Å². The zero-order chi connectivity index (χ0) is 10.6. The highest BCUT2D eigenvalue weighted by Crippen LogP contribution is 2.10. The Morgan fingerprint density at radius 1 is 1.71 bits per heavy atom. The van der Waals surface area contributed by atoms with E-state index in [9.17, 15) is 9.59 Å². The molecule has 0 spiro atoms. The second kappa shape index (κ2) is 5.34. The molecule has 0 bridgehead atoms. The lowest BCUT2D eigenvalue weighted by atomic mass is 10.3. The molecule has 1 heterocycles. The van der Waals surface area contributed by atoms with Crippen molar-refractivity contribution in [3.63, 3.8) is 0 Å². The molecular weight excluding hydrogens is 248 g/mol. The van der Waals surface area contributed by atoms with Crippen molar-refractivity contribution in [2.45, 2.75) is 24.6 Å². The van der Waals surface area contributed by atoms with Gasteiger partial charge in [0.1, 0.15) is 0 Å². The Labute approximate surface area is 92.2 Å². The molecule has 0 aromatic heterocycles. The van der Waals surface area contributed by atoms with E-state index in [4.69, 9.17) is 0 Å². The van der Waals surface area contributed by atoms with Crippen LogP contribution < -0.4 is 5.32 Å². The van der Waals surface area contributed by atoms with Crippen LogP contribution in [-0.2, 0) is 9.59 Å². The second-order valence-electron chi connectivity index (χ2n) is 3.34. The summed E-state index contributed by atoms with van der Waals surface area (Å²) in [7, 11) is 0. The van der Waals surface area contributed by atoms with Gasteiger partial charge in [-0.3, -0.25) is 9.59 Å². The minimum Gasteiger partial charge on any atom is -0.354 e. The van der Waals surface area contributed by atoms with E-state index in [-0.39, 0.29) is 23.2 Å². The Bertz CT molecular complexity index is 233. The number of nitrogens with zero attached hydrogens (tertiary/aromatic N) is 1. The molecule has 4 nitrogen and oxygen atoms in total. The lowest BCUT2D eigenvalue weighted by molar-refractivity contribution is -0.134. The van der Waals surface area contributed by atoms with Crippen LogP contribution in [0.25, 0.3) is 0 Å². The Morgan fingerprint density at radius 2 is 2.43 bits per heavy atom. The Hall–Kier alpha value is -0.580. The summed E-state index contributed by atoms with van der Waals surface area (Å²) >= 11 is 3.30. The van der Waals surface area contributed by atoms with Gasteiger partial charge >= 0.3 is 0 Å². The summed E-state index contributed by atoms with van der Waals surface area (Å²) in [5.41, 5.74) is 0. The van der Waals surface area contributed by atoms with Gasteiger partial charge in [-0.2, -0.15) is 0 Å². The first-order chi connectivity index (χ1) is 6.65. The predicted molar refractivity (Wildman–Crippen MR) is 57.2 cm³/mol. The van der Waals surface area contributed by atoms with Gasteiger partial charge < -0.3 is 10.2 Å². The SMILES string of the molecule is CCC(Br)C(=O)N1CCCNC(=O)C1. The average molecular weight is 263 g/mol. The number of halogens is 1. The smallest absolute Gasteiger partial charge is 0.239 e. The highest BCUT2D eigenvalue weighted by molar-refractivity contribution is 9.10. The Morgan fingerprint density at radius 3 is 3.07 bits per heavy atom. The molecule has 2 amide bonds. The van der Waals surface area contributed by atoms with Crippen LogP contribution in [0.4, 0.5) is 0 Å². The van der Waals surface area contributed by atoms with Gasteiger partial charge in [0, 0.05) is 13.1 Å². The first-order valence-corrected chi connectivity index (χ1v) is 5.76. The number of carbonyl (C=O) groups is 2.